The van der Waals surface area contributed by atoms with Gasteiger partial charge in [0.25, 0.3) is 0 Å². The average Bonchev–Trinajstić information content (AvgIpc) is 2.92. The molecule has 2 aromatic rings. The zero-order valence-corrected chi connectivity index (χ0v) is 12.3. The number of nitrogens with zero attached hydrogens (tertiary/aromatic N) is 2. The van der Waals surface area contributed by atoms with Crippen LogP contribution in [0.15, 0.2) is 18.3 Å². The molecule has 98 valence electrons. The fraction of sp³-hybridized carbons (Fsp3) is 0.500. The Bertz CT molecular complexity index is 513. The highest BCUT2D eigenvalue weighted by Gasteiger charge is 2.20. The minimum Gasteiger partial charge on any atom is -0.306 e. The quantitative estimate of drug-likeness (QED) is 0.898. The Morgan fingerprint density at radius 2 is 2.17 bits per heavy atom. The van der Waals surface area contributed by atoms with E-state index in [1.807, 2.05) is 23.1 Å². The van der Waals surface area contributed by atoms with Gasteiger partial charge in [-0.3, -0.25) is 4.68 Å². The lowest BCUT2D eigenvalue weighted by Gasteiger charge is -2.16. The van der Waals surface area contributed by atoms with Crippen LogP contribution < -0.4 is 5.32 Å². The Morgan fingerprint density at radius 3 is 2.72 bits per heavy atom. The molecule has 0 spiro atoms. The summed E-state index contributed by atoms with van der Waals surface area (Å²) in [5, 5.41) is 8.12. The van der Waals surface area contributed by atoms with Crippen molar-refractivity contribution in [1.29, 1.82) is 0 Å². The third-order valence-corrected chi connectivity index (χ3v) is 4.10. The van der Waals surface area contributed by atoms with Crippen LogP contribution >= 0.6 is 11.3 Å². The summed E-state index contributed by atoms with van der Waals surface area (Å²) < 4.78 is 1.92. The number of nitrogens with one attached hydrogen (secondary N) is 1. The average molecular weight is 263 g/mol. The van der Waals surface area contributed by atoms with Crippen LogP contribution in [0.3, 0.4) is 0 Å². The van der Waals surface area contributed by atoms with Gasteiger partial charge in [-0.25, -0.2) is 0 Å². The maximum Gasteiger partial charge on any atom is 0.0704 e. The van der Waals surface area contributed by atoms with Crippen molar-refractivity contribution in [2.24, 2.45) is 7.05 Å². The molecule has 0 aliphatic heterocycles. The van der Waals surface area contributed by atoms with Gasteiger partial charge in [0.1, 0.15) is 0 Å². The zero-order chi connectivity index (χ0) is 13.1. The van der Waals surface area contributed by atoms with Gasteiger partial charge in [-0.05, 0) is 32.0 Å². The molecule has 2 aromatic heterocycles. The topological polar surface area (TPSA) is 29.9 Å². The molecule has 0 bridgehead atoms. The third-order valence-electron chi connectivity index (χ3n) is 3.04. The lowest BCUT2D eigenvalue weighted by atomic mass is 10.0. The third kappa shape index (κ3) is 2.65. The van der Waals surface area contributed by atoms with Crippen molar-refractivity contribution >= 4 is 11.3 Å². The van der Waals surface area contributed by atoms with E-state index in [0.29, 0.717) is 0 Å². The van der Waals surface area contributed by atoms with E-state index in [4.69, 9.17) is 0 Å². The van der Waals surface area contributed by atoms with Gasteiger partial charge in [-0.1, -0.05) is 13.8 Å². The van der Waals surface area contributed by atoms with E-state index in [0.717, 1.165) is 13.0 Å². The predicted molar refractivity (Wildman–Crippen MR) is 77.2 cm³/mol. The summed E-state index contributed by atoms with van der Waals surface area (Å²) in [6.45, 7) is 7.42. The fourth-order valence-electron chi connectivity index (χ4n) is 2.25. The summed E-state index contributed by atoms with van der Waals surface area (Å²) in [5.74, 6) is 0. The SMILES string of the molecule is CCNC(c1ccc(C)s1)c1cn(C)nc1CC. The molecule has 0 aliphatic rings. The second-order valence-corrected chi connectivity index (χ2v) is 5.82. The fourth-order valence-corrected chi connectivity index (χ4v) is 3.22. The standard InChI is InChI=1S/C14H21N3S/c1-5-12-11(9-17(4)16-12)14(15-6-2)13-8-7-10(3)18-13/h7-9,14-15H,5-6H2,1-4H3. The van der Waals surface area contributed by atoms with Gasteiger partial charge in [0.2, 0.25) is 0 Å². The van der Waals surface area contributed by atoms with E-state index in [1.165, 1.54) is 21.0 Å². The second kappa shape index (κ2) is 5.67. The molecule has 0 aliphatic carbocycles. The van der Waals surface area contributed by atoms with Gasteiger partial charge >= 0.3 is 0 Å². The maximum atomic E-state index is 4.55. The van der Waals surface area contributed by atoms with Gasteiger partial charge < -0.3 is 5.32 Å². The molecule has 0 saturated carbocycles. The smallest absolute Gasteiger partial charge is 0.0704 e. The molecule has 3 nitrogen and oxygen atoms in total. The molecular formula is C14H21N3S. The molecule has 18 heavy (non-hydrogen) atoms. The zero-order valence-electron chi connectivity index (χ0n) is 11.5. The maximum absolute atomic E-state index is 4.55. The van der Waals surface area contributed by atoms with E-state index >= 15 is 0 Å². The van der Waals surface area contributed by atoms with Gasteiger partial charge in [-0.15, -0.1) is 11.3 Å². The lowest BCUT2D eigenvalue weighted by Crippen LogP contribution is -2.21. The van der Waals surface area contributed by atoms with Crippen LogP contribution in [0.5, 0.6) is 0 Å². The molecule has 2 rings (SSSR count). The first-order chi connectivity index (χ1) is 8.65. The summed E-state index contributed by atoms with van der Waals surface area (Å²) in [6.07, 6.45) is 3.11. The summed E-state index contributed by atoms with van der Waals surface area (Å²) in [4.78, 5) is 2.73. The number of aryl methyl sites for hydroxylation is 3. The molecular weight excluding hydrogens is 242 g/mol. The van der Waals surface area contributed by atoms with Crippen molar-refractivity contribution in [3.05, 3.63) is 39.3 Å². The minimum atomic E-state index is 0.275. The van der Waals surface area contributed by atoms with E-state index in [1.54, 1.807) is 0 Å². The van der Waals surface area contributed by atoms with Crippen molar-refractivity contribution in [2.45, 2.75) is 33.2 Å². The van der Waals surface area contributed by atoms with E-state index in [9.17, 15) is 0 Å². The number of thiophene rings is 1. The minimum absolute atomic E-state index is 0.275. The lowest BCUT2D eigenvalue weighted by molar-refractivity contribution is 0.634. The normalized spacial score (nSPS) is 12.9. The molecule has 0 aromatic carbocycles. The van der Waals surface area contributed by atoms with Gasteiger partial charge in [-0.2, -0.15) is 5.10 Å². The summed E-state index contributed by atoms with van der Waals surface area (Å²) >= 11 is 1.86. The Hall–Kier alpha value is -1.13. The molecule has 2 heterocycles. The molecule has 1 atom stereocenters. The molecule has 1 unspecified atom stereocenters. The Morgan fingerprint density at radius 1 is 1.39 bits per heavy atom. The summed E-state index contributed by atoms with van der Waals surface area (Å²) in [5.41, 5.74) is 2.50. The monoisotopic (exact) mass is 263 g/mol. The van der Waals surface area contributed by atoms with Crippen LogP contribution in [0.2, 0.25) is 0 Å². The predicted octanol–water partition coefficient (Wildman–Crippen LogP) is 3.05. The van der Waals surface area contributed by atoms with Gasteiger partial charge in [0.15, 0.2) is 0 Å². The number of hydrogen-bond donors (Lipinski definition) is 1. The molecule has 0 saturated heterocycles. The van der Waals surface area contributed by atoms with E-state index in [-0.39, 0.29) is 6.04 Å². The number of rotatable bonds is 5. The van der Waals surface area contributed by atoms with Gasteiger partial charge in [0.05, 0.1) is 11.7 Å². The Labute approximate surface area is 113 Å². The Kier molecular flexibility index (Phi) is 4.19. The van der Waals surface area contributed by atoms with Crippen LogP contribution in [-0.2, 0) is 13.5 Å². The first-order valence-electron chi connectivity index (χ1n) is 6.47. The van der Waals surface area contributed by atoms with Crippen molar-refractivity contribution in [1.82, 2.24) is 15.1 Å². The highest BCUT2D eigenvalue weighted by molar-refractivity contribution is 7.12. The Balaban J connectivity index is 2.40. The number of hydrogen-bond acceptors (Lipinski definition) is 3. The highest BCUT2D eigenvalue weighted by Crippen LogP contribution is 2.30. The van der Waals surface area contributed by atoms with Gasteiger partial charge in [0, 0.05) is 28.6 Å². The van der Waals surface area contributed by atoms with Crippen molar-refractivity contribution in [2.75, 3.05) is 6.54 Å². The van der Waals surface area contributed by atoms with Crippen LogP contribution in [-0.4, -0.2) is 16.3 Å². The first kappa shape index (κ1) is 13.3. The number of aromatic nitrogens is 2. The van der Waals surface area contributed by atoms with Crippen molar-refractivity contribution in [3.8, 4) is 0 Å². The van der Waals surface area contributed by atoms with Crippen LogP contribution in [0, 0.1) is 6.92 Å². The van der Waals surface area contributed by atoms with Crippen molar-refractivity contribution < 1.29 is 0 Å². The first-order valence-corrected chi connectivity index (χ1v) is 7.29. The van der Waals surface area contributed by atoms with Crippen LogP contribution in [0.4, 0.5) is 0 Å². The van der Waals surface area contributed by atoms with E-state index in [2.05, 4.69) is 49.5 Å². The molecule has 0 fully saturated rings. The molecule has 4 heteroatoms. The largest absolute Gasteiger partial charge is 0.306 e. The van der Waals surface area contributed by atoms with E-state index < -0.39 is 0 Å². The van der Waals surface area contributed by atoms with Crippen LogP contribution in [0.1, 0.15) is 40.9 Å². The highest BCUT2D eigenvalue weighted by atomic mass is 32.1. The molecule has 0 radical (unpaired) electrons. The van der Waals surface area contributed by atoms with Crippen LogP contribution in [0.25, 0.3) is 0 Å². The summed E-state index contributed by atoms with van der Waals surface area (Å²) in [7, 11) is 1.99. The van der Waals surface area contributed by atoms with Crippen molar-refractivity contribution in [3.63, 3.8) is 0 Å². The second-order valence-electron chi connectivity index (χ2n) is 4.50. The molecule has 1 N–H and O–H groups in total. The molecule has 0 amide bonds. The summed E-state index contributed by atoms with van der Waals surface area (Å²) in [6, 6.07) is 4.68.